The van der Waals surface area contributed by atoms with Gasteiger partial charge in [-0.05, 0) is 73.9 Å². The SMILES string of the molecule is Cc1cc(C)c(-c2cccc3c2CCC3Oc2ncc(C)c3c2[C@H](CC(=O)O)CO3)c(C)c1. The highest BCUT2D eigenvalue weighted by Crippen LogP contribution is 2.46. The Bertz CT molecular complexity index is 1240. The standard InChI is InChI=1S/C28H29NO4/c1-15-10-16(2)25(17(3)11-15)22-7-5-6-21-20(22)8-9-23(21)33-28-26-19(12-24(30)31)14-32-27(26)18(4)13-29-28/h5-7,10-11,13,19,23H,8-9,12,14H2,1-4H3,(H,30,31)/t19-,23?/m1/s1. The number of nitrogens with zero attached hydrogens (tertiary/aromatic N) is 1. The summed E-state index contributed by atoms with van der Waals surface area (Å²) in [6.07, 6.45) is 3.45. The molecule has 170 valence electrons. The molecule has 1 N–H and O–H groups in total. The van der Waals surface area contributed by atoms with Gasteiger partial charge < -0.3 is 14.6 Å². The number of hydrogen-bond acceptors (Lipinski definition) is 4. The van der Waals surface area contributed by atoms with Crippen molar-refractivity contribution < 1.29 is 19.4 Å². The summed E-state index contributed by atoms with van der Waals surface area (Å²) in [4.78, 5) is 16.0. The number of ether oxygens (including phenoxy) is 2. The van der Waals surface area contributed by atoms with Crippen LogP contribution in [0.15, 0.2) is 36.5 Å². The third kappa shape index (κ3) is 3.75. The molecule has 0 saturated carbocycles. The minimum Gasteiger partial charge on any atom is -0.492 e. The Hall–Kier alpha value is -3.34. The number of pyridine rings is 1. The summed E-state index contributed by atoms with van der Waals surface area (Å²) in [6.45, 7) is 8.78. The average Bonchev–Trinajstić information content (AvgIpc) is 3.35. The lowest BCUT2D eigenvalue weighted by Gasteiger charge is -2.19. The van der Waals surface area contributed by atoms with Crippen LogP contribution >= 0.6 is 0 Å². The summed E-state index contributed by atoms with van der Waals surface area (Å²) >= 11 is 0. The lowest BCUT2D eigenvalue weighted by molar-refractivity contribution is -0.137. The van der Waals surface area contributed by atoms with Gasteiger partial charge in [0.15, 0.2) is 0 Å². The van der Waals surface area contributed by atoms with E-state index in [9.17, 15) is 9.90 Å². The van der Waals surface area contributed by atoms with Gasteiger partial charge in [0.25, 0.3) is 0 Å². The number of carboxylic acid groups (broad SMARTS) is 1. The highest BCUT2D eigenvalue weighted by molar-refractivity contribution is 5.76. The maximum absolute atomic E-state index is 11.4. The van der Waals surface area contributed by atoms with Crippen LogP contribution in [0.2, 0.25) is 0 Å². The smallest absolute Gasteiger partial charge is 0.304 e. The molecular weight excluding hydrogens is 414 g/mol. The zero-order valence-electron chi connectivity index (χ0n) is 19.6. The molecule has 5 heteroatoms. The summed E-state index contributed by atoms with van der Waals surface area (Å²) < 4.78 is 12.3. The number of hydrogen-bond donors (Lipinski definition) is 1. The van der Waals surface area contributed by atoms with E-state index in [4.69, 9.17) is 9.47 Å². The number of aliphatic carboxylic acids is 1. The van der Waals surface area contributed by atoms with E-state index in [1.165, 1.54) is 38.9 Å². The molecule has 0 bridgehead atoms. The zero-order valence-corrected chi connectivity index (χ0v) is 19.6. The second-order valence-electron chi connectivity index (χ2n) is 9.39. The van der Waals surface area contributed by atoms with Crippen molar-refractivity contribution in [2.45, 2.75) is 59.0 Å². The number of carboxylic acids is 1. The van der Waals surface area contributed by atoms with E-state index in [0.29, 0.717) is 12.5 Å². The van der Waals surface area contributed by atoms with Crippen LogP contribution in [0.4, 0.5) is 0 Å². The van der Waals surface area contributed by atoms with Crippen LogP contribution in [0.5, 0.6) is 11.6 Å². The van der Waals surface area contributed by atoms with E-state index in [2.05, 4.69) is 56.1 Å². The molecule has 1 aliphatic heterocycles. The monoisotopic (exact) mass is 443 g/mol. The molecule has 2 aromatic carbocycles. The summed E-state index contributed by atoms with van der Waals surface area (Å²) in [5.74, 6) is 0.142. The number of carbonyl (C=O) groups is 1. The molecule has 0 amide bonds. The van der Waals surface area contributed by atoms with Crippen LogP contribution in [0, 0.1) is 27.7 Å². The predicted octanol–water partition coefficient (Wildman–Crippen LogP) is 6.00. The lowest BCUT2D eigenvalue weighted by atomic mass is 9.89. The van der Waals surface area contributed by atoms with Crippen LogP contribution < -0.4 is 9.47 Å². The molecular formula is C28H29NO4. The third-order valence-electron chi connectivity index (χ3n) is 6.88. The third-order valence-corrected chi connectivity index (χ3v) is 6.88. The quantitative estimate of drug-likeness (QED) is 0.524. The van der Waals surface area contributed by atoms with Gasteiger partial charge in [-0.15, -0.1) is 0 Å². The summed E-state index contributed by atoms with van der Waals surface area (Å²) in [5.41, 5.74) is 10.7. The Labute approximate surface area is 194 Å². The molecule has 33 heavy (non-hydrogen) atoms. The molecule has 2 atom stereocenters. The first-order chi connectivity index (χ1) is 15.8. The average molecular weight is 444 g/mol. The van der Waals surface area contributed by atoms with Crippen LogP contribution in [0.3, 0.4) is 0 Å². The Morgan fingerprint density at radius 1 is 1.15 bits per heavy atom. The highest BCUT2D eigenvalue weighted by Gasteiger charge is 2.35. The summed E-state index contributed by atoms with van der Waals surface area (Å²) in [5, 5.41) is 9.36. The van der Waals surface area contributed by atoms with Crippen LogP contribution in [-0.4, -0.2) is 22.7 Å². The van der Waals surface area contributed by atoms with Gasteiger partial charge in [0.2, 0.25) is 5.88 Å². The molecule has 2 aliphatic rings. The van der Waals surface area contributed by atoms with Gasteiger partial charge in [-0.2, -0.15) is 0 Å². The van der Waals surface area contributed by atoms with Crippen molar-refractivity contribution in [2.75, 3.05) is 6.61 Å². The largest absolute Gasteiger partial charge is 0.492 e. The van der Waals surface area contributed by atoms with E-state index in [-0.39, 0.29) is 18.4 Å². The fourth-order valence-electron chi connectivity index (χ4n) is 5.59. The number of aromatic nitrogens is 1. The maximum atomic E-state index is 11.4. The van der Waals surface area contributed by atoms with Gasteiger partial charge in [0.1, 0.15) is 11.9 Å². The summed E-state index contributed by atoms with van der Waals surface area (Å²) in [6, 6.07) is 11.0. The van der Waals surface area contributed by atoms with Crippen molar-refractivity contribution in [1.29, 1.82) is 0 Å². The Morgan fingerprint density at radius 3 is 2.64 bits per heavy atom. The fraction of sp³-hybridized carbons (Fsp3) is 0.357. The first kappa shape index (κ1) is 21.5. The lowest BCUT2D eigenvalue weighted by Crippen LogP contribution is -2.11. The van der Waals surface area contributed by atoms with Crippen molar-refractivity contribution in [3.8, 4) is 22.8 Å². The number of benzene rings is 2. The van der Waals surface area contributed by atoms with E-state index in [1.54, 1.807) is 6.20 Å². The van der Waals surface area contributed by atoms with Gasteiger partial charge >= 0.3 is 5.97 Å². The Morgan fingerprint density at radius 2 is 1.91 bits per heavy atom. The number of aryl methyl sites for hydroxylation is 4. The molecule has 0 spiro atoms. The molecule has 1 aromatic heterocycles. The van der Waals surface area contributed by atoms with Crippen molar-refractivity contribution >= 4 is 5.97 Å². The van der Waals surface area contributed by atoms with Gasteiger partial charge in [-0.3, -0.25) is 4.79 Å². The maximum Gasteiger partial charge on any atom is 0.304 e. The molecule has 1 aliphatic carbocycles. The normalized spacial score (nSPS) is 18.5. The van der Waals surface area contributed by atoms with Crippen LogP contribution in [0.1, 0.15) is 63.8 Å². The van der Waals surface area contributed by atoms with Gasteiger partial charge in [0.05, 0.1) is 18.6 Å². The van der Waals surface area contributed by atoms with E-state index in [0.717, 1.165) is 29.7 Å². The van der Waals surface area contributed by atoms with Crippen LogP contribution in [0.25, 0.3) is 11.1 Å². The first-order valence-corrected chi connectivity index (χ1v) is 11.5. The molecule has 3 aromatic rings. The molecule has 0 radical (unpaired) electrons. The first-order valence-electron chi connectivity index (χ1n) is 11.5. The van der Waals surface area contributed by atoms with E-state index < -0.39 is 5.97 Å². The molecule has 5 rings (SSSR count). The molecule has 0 fully saturated rings. The molecule has 5 nitrogen and oxygen atoms in total. The van der Waals surface area contributed by atoms with Gasteiger partial charge in [-0.25, -0.2) is 4.98 Å². The van der Waals surface area contributed by atoms with Crippen LogP contribution in [-0.2, 0) is 11.2 Å². The molecule has 1 unspecified atom stereocenters. The molecule has 0 saturated heterocycles. The van der Waals surface area contributed by atoms with Gasteiger partial charge in [0, 0.05) is 17.7 Å². The number of rotatable bonds is 5. The van der Waals surface area contributed by atoms with Crippen molar-refractivity contribution in [2.24, 2.45) is 0 Å². The topological polar surface area (TPSA) is 68.7 Å². The second kappa shape index (κ2) is 8.22. The van der Waals surface area contributed by atoms with Gasteiger partial charge in [-0.1, -0.05) is 35.9 Å². The van der Waals surface area contributed by atoms with Crippen molar-refractivity contribution in [3.63, 3.8) is 0 Å². The Kier molecular flexibility index (Phi) is 5.35. The second-order valence-corrected chi connectivity index (χ2v) is 9.39. The Balaban J connectivity index is 1.52. The molecule has 2 heterocycles. The number of fused-ring (bicyclic) bond motifs is 2. The predicted molar refractivity (Wildman–Crippen MR) is 127 cm³/mol. The summed E-state index contributed by atoms with van der Waals surface area (Å²) in [7, 11) is 0. The van der Waals surface area contributed by atoms with E-state index in [1.807, 2.05) is 6.92 Å². The zero-order chi connectivity index (χ0) is 23.3. The van der Waals surface area contributed by atoms with Crippen molar-refractivity contribution in [1.82, 2.24) is 4.98 Å². The minimum absolute atomic E-state index is 0.00583. The van der Waals surface area contributed by atoms with E-state index >= 15 is 0 Å². The van der Waals surface area contributed by atoms with Crippen molar-refractivity contribution in [3.05, 3.63) is 75.5 Å². The minimum atomic E-state index is -0.844. The fourth-order valence-corrected chi connectivity index (χ4v) is 5.59. The highest BCUT2D eigenvalue weighted by atomic mass is 16.5.